The molecule has 1 heterocycles. The number of para-hydroxylation sites is 1. The zero-order valence-electron chi connectivity index (χ0n) is 13.4. The second-order valence-electron chi connectivity index (χ2n) is 5.80. The molecule has 4 nitrogen and oxygen atoms in total. The Kier molecular flexibility index (Phi) is 7.36. The Hall–Kier alpha value is -1.28. The largest absolute Gasteiger partial charge is 0.371 e. The first-order chi connectivity index (χ1) is 11.2. The van der Waals surface area contributed by atoms with E-state index in [2.05, 4.69) is 55.4 Å². The van der Waals surface area contributed by atoms with Crippen LogP contribution in [0.2, 0.25) is 0 Å². The molecule has 2 aromatic rings. The number of aliphatic imine (C=N–C) groups is 1. The molecule has 0 aromatic heterocycles. The van der Waals surface area contributed by atoms with E-state index in [1.54, 1.807) is 0 Å². The van der Waals surface area contributed by atoms with Gasteiger partial charge in [-0.1, -0.05) is 40.2 Å². The number of nitrogens with zero attached hydrogens (tertiary/aromatic N) is 2. The van der Waals surface area contributed by atoms with Crippen LogP contribution in [0.1, 0.15) is 6.42 Å². The lowest BCUT2D eigenvalue weighted by molar-refractivity contribution is 0.603. The predicted octanol–water partition coefficient (Wildman–Crippen LogP) is 4.32. The number of halogens is 2. The summed E-state index contributed by atoms with van der Waals surface area (Å²) >= 11 is 3.53. The molecular weight excluding hydrogens is 479 g/mol. The molecule has 0 amide bonds. The van der Waals surface area contributed by atoms with Crippen LogP contribution < -0.4 is 16.0 Å². The van der Waals surface area contributed by atoms with Crippen molar-refractivity contribution in [2.45, 2.75) is 6.42 Å². The maximum atomic E-state index is 5.97. The first kappa shape index (κ1) is 19.1. The lowest BCUT2D eigenvalue weighted by Gasteiger charge is -2.18. The van der Waals surface area contributed by atoms with E-state index < -0.39 is 0 Å². The van der Waals surface area contributed by atoms with E-state index in [0.717, 1.165) is 36.2 Å². The van der Waals surface area contributed by atoms with Crippen molar-refractivity contribution in [2.24, 2.45) is 16.6 Å². The van der Waals surface area contributed by atoms with Crippen LogP contribution in [0.15, 0.2) is 64.1 Å². The monoisotopic (exact) mass is 500 g/mol. The van der Waals surface area contributed by atoms with Crippen molar-refractivity contribution in [3.05, 3.63) is 59.1 Å². The summed E-state index contributed by atoms with van der Waals surface area (Å²) in [7, 11) is 0. The van der Waals surface area contributed by atoms with Crippen LogP contribution in [-0.4, -0.2) is 25.6 Å². The third-order valence-electron chi connectivity index (χ3n) is 4.03. The summed E-state index contributed by atoms with van der Waals surface area (Å²) in [5.74, 6) is 1.03. The fourth-order valence-corrected chi connectivity index (χ4v) is 3.21. The van der Waals surface area contributed by atoms with Gasteiger partial charge in [0.05, 0.1) is 0 Å². The van der Waals surface area contributed by atoms with Gasteiger partial charge in [0.1, 0.15) is 0 Å². The highest BCUT2D eigenvalue weighted by Crippen LogP contribution is 2.26. The van der Waals surface area contributed by atoms with Gasteiger partial charge in [-0.05, 0) is 42.7 Å². The Morgan fingerprint density at radius 3 is 2.75 bits per heavy atom. The molecule has 3 N–H and O–H groups in total. The molecule has 1 saturated heterocycles. The standard InChI is InChI=1S/C18H21BrN4.HI/c19-15-5-4-8-17(11-15)23-10-9-14(13-23)12-21-18(20)22-16-6-2-1-3-7-16;/h1-8,11,14H,9-10,12-13H2,(H3,20,21,22);1H. The number of nitrogens with one attached hydrogen (secondary N) is 1. The van der Waals surface area contributed by atoms with E-state index in [-0.39, 0.29) is 24.0 Å². The Morgan fingerprint density at radius 1 is 1.21 bits per heavy atom. The summed E-state index contributed by atoms with van der Waals surface area (Å²) in [6.45, 7) is 2.86. The van der Waals surface area contributed by atoms with Crippen LogP contribution in [-0.2, 0) is 0 Å². The maximum Gasteiger partial charge on any atom is 0.193 e. The molecule has 1 aliphatic rings. The minimum atomic E-state index is 0. The first-order valence-corrected chi connectivity index (χ1v) is 8.62. The number of anilines is 2. The molecule has 128 valence electrons. The van der Waals surface area contributed by atoms with Crippen molar-refractivity contribution < 1.29 is 0 Å². The van der Waals surface area contributed by atoms with E-state index >= 15 is 0 Å². The number of guanidine groups is 1. The zero-order valence-corrected chi connectivity index (χ0v) is 17.3. The van der Waals surface area contributed by atoms with Crippen LogP contribution in [0.25, 0.3) is 0 Å². The molecule has 3 rings (SSSR count). The lowest BCUT2D eigenvalue weighted by Crippen LogP contribution is -2.25. The molecule has 1 fully saturated rings. The third kappa shape index (κ3) is 5.37. The van der Waals surface area contributed by atoms with Gasteiger partial charge in [0, 0.05) is 35.5 Å². The van der Waals surface area contributed by atoms with E-state index in [1.807, 2.05) is 30.3 Å². The highest BCUT2D eigenvalue weighted by Gasteiger charge is 2.22. The second-order valence-corrected chi connectivity index (χ2v) is 6.71. The highest BCUT2D eigenvalue weighted by atomic mass is 127. The van der Waals surface area contributed by atoms with Gasteiger partial charge < -0.3 is 16.0 Å². The normalized spacial score (nSPS) is 17.5. The number of benzene rings is 2. The van der Waals surface area contributed by atoms with Crippen LogP contribution in [0.3, 0.4) is 0 Å². The summed E-state index contributed by atoms with van der Waals surface area (Å²) in [5.41, 5.74) is 8.20. The summed E-state index contributed by atoms with van der Waals surface area (Å²) < 4.78 is 1.12. The highest BCUT2D eigenvalue weighted by molar-refractivity contribution is 14.0. The van der Waals surface area contributed by atoms with Gasteiger partial charge in [-0.3, -0.25) is 4.99 Å². The Bertz CT molecular complexity index is 678. The second kappa shape index (κ2) is 9.27. The van der Waals surface area contributed by atoms with Crippen LogP contribution in [0, 0.1) is 5.92 Å². The molecule has 6 heteroatoms. The SMILES string of the molecule is I.NC(=NCC1CCN(c2cccc(Br)c2)C1)Nc1ccccc1. The average Bonchev–Trinajstić information content (AvgIpc) is 3.03. The molecule has 0 aliphatic carbocycles. The van der Waals surface area contributed by atoms with Gasteiger partial charge in [0.2, 0.25) is 0 Å². The van der Waals surface area contributed by atoms with Crippen molar-refractivity contribution in [1.29, 1.82) is 0 Å². The number of hydrogen-bond donors (Lipinski definition) is 2. The van der Waals surface area contributed by atoms with Crippen molar-refractivity contribution >= 4 is 57.2 Å². The molecule has 0 spiro atoms. The summed E-state index contributed by atoms with van der Waals surface area (Å²) in [6.07, 6.45) is 1.15. The van der Waals surface area contributed by atoms with Gasteiger partial charge in [-0.2, -0.15) is 0 Å². The summed E-state index contributed by atoms with van der Waals surface area (Å²) in [6, 6.07) is 18.3. The molecule has 1 aliphatic heterocycles. The molecule has 1 atom stereocenters. The van der Waals surface area contributed by atoms with E-state index in [0.29, 0.717) is 11.9 Å². The molecule has 2 aromatic carbocycles. The predicted molar refractivity (Wildman–Crippen MR) is 116 cm³/mol. The smallest absolute Gasteiger partial charge is 0.193 e. The van der Waals surface area contributed by atoms with Crippen molar-refractivity contribution in [2.75, 3.05) is 29.9 Å². The minimum Gasteiger partial charge on any atom is -0.371 e. The van der Waals surface area contributed by atoms with Gasteiger partial charge in [-0.15, -0.1) is 24.0 Å². The van der Waals surface area contributed by atoms with Crippen LogP contribution >= 0.6 is 39.9 Å². The Morgan fingerprint density at radius 2 is 2.00 bits per heavy atom. The lowest BCUT2D eigenvalue weighted by atomic mass is 10.1. The van der Waals surface area contributed by atoms with Crippen molar-refractivity contribution in [1.82, 2.24) is 0 Å². The molecule has 0 bridgehead atoms. The molecular formula is C18H22BrIN4. The van der Waals surface area contributed by atoms with Crippen molar-refractivity contribution in [3.8, 4) is 0 Å². The van der Waals surface area contributed by atoms with Crippen molar-refractivity contribution in [3.63, 3.8) is 0 Å². The van der Waals surface area contributed by atoms with Gasteiger partial charge in [0.25, 0.3) is 0 Å². The Labute approximate surface area is 168 Å². The van der Waals surface area contributed by atoms with E-state index in [4.69, 9.17) is 5.73 Å². The third-order valence-corrected chi connectivity index (χ3v) is 4.52. The van der Waals surface area contributed by atoms with Gasteiger partial charge in [0.15, 0.2) is 5.96 Å². The fourth-order valence-electron chi connectivity index (χ4n) is 2.83. The van der Waals surface area contributed by atoms with Crippen LogP contribution in [0.5, 0.6) is 0 Å². The fraction of sp³-hybridized carbons (Fsp3) is 0.278. The maximum absolute atomic E-state index is 5.97. The summed E-state index contributed by atoms with van der Waals surface area (Å²) in [4.78, 5) is 6.90. The van der Waals surface area contributed by atoms with E-state index in [1.165, 1.54) is 5.69 Å². The number of hydrogen-bond acceptors (Lipinski definition) is 2. The average molecular weight is 501 g/mol. The first-order valence-electron chi connectivity index (χ1n) is 7.83. The summed E-state index contributed by atoms with van der Waals surface area (Å²) in [5, 5.41) is 3.12. The topological polar surface area (TPSA) is 53.6 Å². The molecule has 1 unspecified atom stereocenters. The minimum absolute atomic E-state index is 0. The van der Waals surface area contributed by atoms with Gasteiger partial charge in [-0.25, -0.2) is 0 Å². The molecule has 0 radical (unpaired) electrons. The molecule has 0 saturated carbocycles. The quantitative estimate of drug-likeness (QED) is 0.373. The van der Waals surface area contributed by atoms with Crippen LogP contribution in [0.4, 0.5) is 11.4 Å². The number of rotatable bonds is 4. The zero-order chi connectivity index (χ0) is 16.1. The van der Waals surface area contributed by atoms with Gasteiger partial charge >= 0.3 is 0 Å². The number of nitrogens with two attached hydrogens (primary N) is 1. The van der Waals surface area contributed by atoms with E-state index in [9.17, 15) is 0 Å². The Balaban J connectivity index is 0.00000208. The molecule has 24 heavy (non-hydrogen) atoms.